The Morgan fingerprint density at radius 3 is 2.52 bits per heavy atom. The highest BCUT2D eigenvalue weighted by Gasteiger charge is 2.05. The number of carbonyl (C=O) groups is 2. The Hall–Kier alpha value is -3.20. The van der Waals surface area contributed by atoms with Gasteiger partial charge in [-0.2, -0.15) is 5.26 Å². The average Bonchev–Trinajstić information content (AvgIpc) is 2.60. The number of hydrogen-bond donors (Lipinski definition) is 2. The largest absolute Gasteiger partial charge is 0.351 e. The molecular weight excluding hydrogens is 321 g/mol. The van der Waals surface area contributed by atoms with Crippen molar-refractivity contribution >= 4 is 17.5 Å². The Morgan fingerprint density at radius 1 is 1.04 bits per heavy atom. The molecule has 0 aliphatic rings. The van der Waals surface area contributed by atoms with Crippen LogP contribution in [-0.4, -0.2) is 11.8 Å². The van der Waals surface area contributed by atoms with Crippen molar-refractivity contribution in [3.05, 3.63) is 65.5 Å². The average molecular weight is 339 g/mol. The number of aryl methyl sites for hydroxylation is 1. The molecule has 6 heteroatoms. The van der Waals surface area contributed by atoms with Crippen molar-refractivity contribution in [2.24, 2.45) is 0 Å². The normalized spacial score (nSPS) is 9.92. The lowest BCUT2D eigenvalue weighted by molar-refractivity contribution is -0.120. The maximum atomic E-state index is 12.8. The number of carbonyl (C=O) groups excluding carboxylic acids is 2. The van der Waals surface area contributed by atoms with Crippen LogP contribution in [0.1, 0.15) is 24.0 Å². The first kappa shape index (κ1) is 18.1. The molecule has 5 nitrogen and oxygen atoms in total. The number of halogens is 1. The lowest BCUT2D eigenvalue weighted by Gasteiger charge is -2.08. The minimum atomic E-state index is -0.337. The zero-order valence-electron chi connectivity index (χ0n) is 13.6. The third-order valence-corrected chi connectivity index (χ3v) is 3.49. The predicted molar refractivity (Wildman–Crippen MR) is 91.9 cm³/mol. The Labute approximate surface area is 145 Å². The highest BCUT2D eigenvalue weighted by atomic mass is 19.1. The first-order valence-electron chi connectivity index (χ1n) is 7.83. The fraction of sp³-hybridized carbons (Fsp3) is 0.211. The smallest absolute Gasteiger partial charge is 0.234 e. The highest BCUT2D eigenvalue weighted by Crippen LogP contribution is 2.12. The lowest BCUT2D eigenvalue weighted by atomic mass is 10.1. The van der Waals surface area contributed by atoms with Crippen molar-refractivity contribution in [3.8, 4) is 6.07 Å². The summed E-state index contributed by atoms with van der Waals surface area (Å²) >= 11 is 0. The Bertz CT molecular complexity index is 782. The third kappa shape index (κ3) is 6.43. The maximum Gasteiger partial charge on any atom is 0.234 e. The summed E-state index contributed by atoms with van der Waals surface area (Å²) in [6, 6.07) is 15.0. The van der Waals surface area contributed by atoms with Gasteiger partial charge in [0.2, 0.25) is 11.8 Å². The molecule has 0 aliphatic heterocycles. The predicted octanol–water partition coefficient (Wildman–Crippen LogP) is 2.93. The molecule has 0 unspecified atom stereocenters. The molecule has 0 radical (unpaired) electrons. The van der Waals surface area contributed by atoms with Crippen molar-refractivity contribution in [2.45, 2.75) is 25.8 Å². The minimum Gasteiger partial charge on any atom is -0.351 e. The van der Waals surface area contributed by atoms with E-state index in [9.17, 15) is 14.0 Å². The van der Waals surface area contributed by atoms with Crippen molar-refractivity contribution in [2.75, 3.05) is 5.32 Å². The molecule has 0 spiro atoms. The van der Waals surface area contributed by atoms with Crippen molar-refractivity contribution in [1.29, 1.82) is 5.26 Å². The van der Waals surface area contributed by atoms with E-state index in [1.165, 1.54) is 12.1 Å². The van der Waals surface area contributed by atoms with E-state index in [1.807, 2.05) is 6.07 Å². The molecule has 2 aromatic rings. The van der Waals surface area contributed by atoms with E-state index in [0.29, 0.717) is 18.7 Å². The number of nitrogens with one attached hydrogen (secondary N) is 2. The standard InChI is InChI=1S/C19H18FN3O2/c20-16-7-4-14(5-8-16)6-9-19(25)23-17-3-1-2-15(12-17)13-22-18(24)10-11-21/h1-5,7-8,12H,6,9-10,13H2,(H,22,24)(H,23,25). The van der Waals surface area contributed by atoms with Crippen LogP contribution in [0.5, 0.6) is 0 Å². The molecule has 0 saturated carbocycles. The monoisotopic (exact) mass is 339 g/mol. The molecule has 2 N–H and O–H groups in total. The highest BCUT2D eigenvalue weighted by molar-refractivity contribution is 5.90. The zero-order chi connectivity index (χ0) is 18.1. The third-order valence-electron chi connectivity index (χ3n) is 3.49. The number of hydrogen-bond acceptors (Lipinski definition) is 3. The summed E-state index contributed by atoms with van der Waals surface area (Å²) in [7, 11) is 0. The molecule has 2 rings (SSSR count). The topological polar surface area (TPSA) is 82.0 Å². The van der Waals surface area contributed by atoms with Crippen molar-refractivity contribution in [1.82, 2.24) is 5.32 Å². The molecule has 0 fully saturated rings. The summed E-state index contributed by atoms with van der Waals surface area (Å²) in [6.45, 7) is 0.291. The first-order chi connectivity index (χ1) is 12.1. The number of amides is 2. The fourth-order valence-corrected chi connectivity index (χ4v) is 2.23. The van der Waals surface area contributed by atoms with E-state index in [1.54, 1.807) is 36.4 Å². The summed E-state index contributed by atoms with van der Waals surface area (Å²) in [4.78, 5) is 23.3. The van der Waals surface area contributed by atoms with Crippen LogP contribution in [0.15, 0.2) is 48.5 Å². The van der Waals surface area contributed by atoms with Gasteiger partial charge in [0, 0.05) is 18.7 Å². The second kappa shape index (κ2) is 9.18. The van der Waals surface area contributed by atoms with Crippen LogP contribution in [0.25, 0.3) is 0 Å². The number of rotatable bonds is 7. The van der Waals surface area contributed by atoms with E-state index < -0.39 is 0 Å². The van der Waals surface area contributed by atoms with Crippen LogP contribution in [0.3, 0.4) is 0 Å². The Kier molecular flexibility index (Phi) is 6.66. The number of benzene rings is 2. The van der Waals surface area contributed by atoms with E-state index in [0.717, 1.165) is 11.1 Å². The summed E-state index contributed by atoms with van der Waals surface area (Å²) in [6.07, 6.45) is 0.630. The van der Waals surface area contributed by atoms with Gasteiger partial charge in [-0.05, 0) is 41.8 Å². The van der Waals surface area contributed by atoms with Gasteiger partial charge in [-0.3, -0.25) is 9.59 Å². The summed E-state index contributed by atoms with van der Waals surface area (Å²) in [5, 5.41) is 13.9. The maximum absolute atomic E-state index is 12.8. The zero-order valence-corrected chi connectivity index (χ0v) is 13.6. The Morgan fingerprint density at radius 2 is 1.80 bits per heavy atom. The van der Waals surface area contributed by atoms with E-state index in [-0.39, 0.29) is 30.5 Å². The second-order valence-corrected chi connectivity index (χ2v) is 5.49. The molecule has 2 amide bonds. The fourth-order valence-electron chi connectivity index (χ4n) is 2.23. The number of anilines is 1. The molecule has 0 bridgehead atoms. The van der Waals surface area contributed by atoms with Crippen LogP contribution in [-0.2, 0) is 22.6 Å². The Balaban J connectivity index is 1.84. The van der Waals surface area contributed by atoms with Gasteiger partial charge in [0.25, 0.3) is 0 Å². The van der Waals surface area contributed by atoms with Crippen LogP contribution in [0, 0.1) is 17.1 Å². The van der Waals surface area contributed by atoms with E-state index in [4.69, 9.17) is 5.26 Å². The molecule has 25 heavy (non-hydrogen) atoms. The second-order valence-electron chi connectivity index (χ2n) is 5.49. The molecule has 0 heterocycles. The van der Waals surface area contributed by atoms with Crippen molar-refractivity contribution < 1.29 is 14.0 Å². The molecule has 0 aliphatic carbocycles. The van der Waals surface area contributed by atoms with E-state index >= 15 is 0 Å². The SMILES string of the molecule is N#CCC(=O)NCc1cccc(NC(=O)CCc2ccc(F)cc2)c1. The molecule has 128 valence electrons. The summed E-state index contributed by atoms with van der Waals surface area (Å²) in [5.41, 5.74) is 2.35. The van der Waals surface area contributed by atoms with Gasteiger partial charge in [-0.1, -0.05) is 24.3 Å². The van der Waals surface area contributed by atoms with Gasteiger partial charge < -0.3 is 10.6 Å². The van der Waals surface area contributed by atoms with Crippen LogP contribution in [0.2, 0.25) is 0 Å². The van der Waals surface area contributed by atoms with Gasteiger partial charge in [0.05, 0.1) is 6.07 Å². The van der Waals surface area contributed by atoms with Gasteiger partial charge in [-0.25, -0.2) is 4.39 Å². The molecule has 0 aromatic heterocycles. The van der Waals surface area contributed by atoms with E-state index in [2.05, 4.69) is 10.6 Å². The first-order valence-corrected chi connectivity index (χ1v) is 7.83. The molecule has 2 aromatic carbocycles. The quantitative estimate of drug-likeness (QED) is 0.814. The van der Waals surface area contributed by atoms with Gasteiger partial charge in [0.1, 0.15) is 12.2 Å². The summed E-state index contributed by atoms with van der Waals surface area (Å²) in [5.74, 6) is -0.780. The lowest BCUT2D eigenvalue weighted by Crippen LogP contribution is -2.22. The summed E-state index contributed by atoms with van der Waals surface area (Å²) < 4.78 is 12.8. The molecule has 0 atom stereocenters. The van der Waals surface area contributed by atoms with Crippen LogP contribution < -0.4 is 10.6 Å². The van der Waals surface area contributed by atoms with Crippen LogP contribution >= 0.6 is 0 Å². The number of nitrogens with zero attached hydrogens (tertiary/aromatic N) is 1. The molecular formula is C19H18FN3O2. The number of nitriles is 1. The van der Waals surface area contributed by atoms with Gasteiger partial charge in [-0.15, -0.1) is 0 Å². The van der Waals surface area contributed by atoms with Crippen LogP contribution in [0.4, 0.5) is 10.1 Å². The minimum absolute atomic E-state index is 0.144. The van der Waals surface area contributed by atoms with Gasteiger partial charge in [0.15, 0.2) is 0 Å². The van der Waals surface area contributed by atoms with Gasteiger partial charge >= 0.3 is 0 Å². The van der Waals surface area contributed by atoms with Crippen molar-refractivity contribution in [3.63, 3.8) is 0 Å². The molecule has 0 saturated heterocycles.